The fraction of sp³-hybridized carbons (Fsp3) is 0.769. The Morgan fingerprint density at radius 2 is 1.76 bits per heavy atom. The molecule has 0 aromatic rings. The zero-order valence-electron chi connectivity index (χ0n) is 11.8. The summed E-state index contributed by atoms with van der Waals surface area (Å²) in [5, 5.41) is 8.53. The molecule has 7 nitrogen and oxygen atoms in total. The van der Waals surface area contributed by atoms with Gasteiger partial charge in [0.05, 0.1) is 11.5 Å². The molecule has 118 valence electrons. The average Bonchev–Trinajstić information content (AvgIpc) is 3.00. The molecular formula is C13H20N2O5S. The second kappa shape index (κ2) is 7.65. The van der Waals surface area contributed by atoms with Crippen molar-refractivity contribution in [3.63, 3.8) is 0 Å². The number of carboxylic acids is 1. The fourth-order valence-electron chi connectivity index (χ4n) is 2.47. The van der Waals surface area contributed by atoms with E-state index in [1.54, 1.807) is 9.80 Å². The number of nitrogens with zero attached hydrogens (tertiary/aromatic N) is 2. The maximum Gasteiger partial charge on any atom is 0.313 e. The van der Waals surface area contributed by atoms with Crippen LogP contribution < -0.4 is 0 Å². The smallest absolute Gasteiger partial charge is 0.313 e. The molecule has 2 fully saturated rings. The molecule has 0 aliphatic carbocycles. The van der Waals surface area contributed by atoms with Crippen LogP contribution in [0.5, 0.6) is 0 Å². The summed E-state index contributed by atoms with van der Waals surface area (Å²) in [5.74, 6) is -0.847. The Hall–Kier alpha value is -1.28. The van der Waals surface area contributed by atoms with E-state index >= 15 is 0 Å². The van der Waals surface area contributed by atoms with Crippen LogP contribution in [0.2, 0.25) is 0 Å². The summed E-state index contributed by atoms with van der Waals surface area (Å²) in [5.41, 5.74) is 0. The minimum atomic E-state index is -0.917. The van der Waals surface area contributed by atoms with E-state index < -0.39 is 5.97 Å². The lowest BCUT2D eigenvalue weighted by Crippen LogP contribution is -2.53. The number of thioether (sulfide) groups is 1. The molecule has 0 radical (unpaired) electrons. The highest BCUT2D eigenvalue weighted by atomic mass is 32.2. The SMILES string of the molecule is O=C(O)CSCC(=O)N1CCN(C(=O)C2CCCO2)CC1. The number of carboxylic acid groups (broad SMARTS) is 1. The van der Waals surface area contributed by atoms with E-state index in [2.05, 4.69) is 0 Å². The van der Waals surface area contributed by atoms with Gasteiger partial charge in [-0.1, -0.05) is 0 Å². The van der Waals surface area contributed by atoms with Crippen molar-refractivity contribution in [1.82, 2.24) is 9.80 Å². The first-order chi connectivity index (χ1) is 10.1. The van der Waals surface area contributed by atoms with Crippen molar-refractivity contribution in [2.45, 2.75) is 18.9 Å². The molecule has 0 aromatic heterocycles. The van der Waals surface area contributed by atoms with Gasteiger partial charge in [0.25, 0.3) is 5.91 Å². The number of rotatable bonds is 5. The predicted octanol–water partition coefficient (Wildman–Crippen LogP) is -0.346. The molecule has 2 saturated heterocycles. The third kappa shape index (κ3) is 4.60. The van der Waals surface area contributed by atoms with Crippen LogP contribution in [0.3, 0.4) is 0 Å². The first kappa shape index (κ1) is 16.1. The van der Waals surface area contributed by atoms with Crippen molar-refractivity contribution in [1.29, 1.82) is 0 Å². The Balaban J connectivity index is 1.71. The van der Waals surface area contributed by atoms with Gasteiger partial charge >= 0.3 is 5.97 Å². The molecule has 1 N–H and O–H groups in total. The Morgan fingerprint density at radius 3 is 2.33 bits per heavy atom. The van der Waals surface area contributed by atoms with Crippen LogP contribution in [-0.2, 0) is 19.1 Å². The predicted molar refractivity (Wildman–Crippen MR) is 77.1 cm³/mol. The number of piperazine rings is 1. The van der Waals surface area contributed by atoms with E-state index in [4.69, 9.17) is 9.84 Å². The van der Waals surface area contributed by atoms with Gasteiger partial charge in [0, 0.05) is 32.8 Å². The lowest BCUT2D eigenvalue weighted by atomic mass is 10.2. The number of hydrogen-bond acceptors (Lipinski definition) is 5. The number of aliphatic carboxylic acids is 1. The minimum Gasteiger partial charge on any atom is -0.481 e. The van der Waals surface area contributed by atoms with Gasteiger partial charge in [-0.15, -0.1) is 11.8 Å². The summed E-state index contributed by atoms with van der Waals surface area (Å²) in [6, 6.07) is 0. The van der Waals surface area contributed by atoms with E-state index in [9.17, 15) is 14.4 Å². The third-order valence-electron chi connectivity index (χ3n) is 3.60. The molecule has 1 atom stereocenters. The van der Waals surface area contributed by atoms with E-state index in [1.807, 2.05) is 0 Å². The maximum absolute atomic E-state index is 12.2. The third-order valence-corrected chi connectivity index (χ3v) is 4.50. The summed E-state index contributed by atoms with van der Waals surface area (Å²) < 4.78 is 5.39. The van der Waals surface area contributed by atoms with Gasteiger partial charge in [0.15, 0.2) is 0 Å². The van der Waals surface area contributed by atoms with Gasteiger partial charge in [-0.05, 0) is 12.8 Å². The molecule has 1 unspecified atom stereocenters. The van der Waals surface area contributed by atoms with Gasteiger partial charge in [0.1, 0.15) is 6.10 Å². The Bertz CT molecular complexity index is 403. The topological polar surface area (TPSA) is 87.2 Å². The van der Waals surface area contributed by atoms with Crippen LogP contribution in [0.1, 0.15) is 12.8 Å². The van der Waals surface area contributed by atoms with Crippen LogP contribution in [0.4, 0.5) is 0 Å². The average molecular weight is 316 g/mol. The number of hydrogen-bond donors (Lipinski definition) is 1. The molecule has 2 amide bonds. The van der Waals surface area contributed by atoms with Crippen LogP contribution in [0, 0.1) is 0 Å². The van der Waals surface area contributed by atoms with Gasteiger partial charge in [-0.3, -0.25) is 14.4 Å². The quantitative estimate of drug-likeness (QED) is 0.746. The standard InChI is InChI=1S/C13H20N2O5S/c16-11(8-21-9-12(17)18)14-3-5-15(6-4-14)13(19)10-2-1-7-20-10/h10H,1-9H2,(H,17,18). The van der Waals surface area contributed by atoms with Crippen molar-refractivity contribution in [3.05, 3.63) is 0 Å². The highest BCUT2D eigenvalue weighted by molar-refractivity contribution is 8.00. The normalized spacial score (nSPS) is 22.4. The molecular weight excluding hydrogens is 296 g/mol. The molecule has 2 heterocycles. The summed E-state index contributed by atoms with van der Waals surface area (Å²) in [6.45, 7) is 2.70. The molecule has 0 bridgehead atoms. The van der Waals surface area contributed by atoms with Crippen LogP contribution in [0.25, 0.3) is 0 Å². The minimum absolute atomic E-state index is 0.0276. The Labute approximate surface area is 127 Å². The van der Waals surface area contributed by atoms with Gasteiger partial charge in [-0.25, -0.2) is 0 Å². The molecule has 8 heteroatoms. The van der Waals surface area contributed by atoms with Crippen molar-refractivity contribution in [2.24, 2.45) is 0 Å². The number of carbonyl (C=O) groups is 3. The summed E-state index contributed by atoms with van der Waals surface area (Å²) in [4.78, 5) is 37.9. The van der Waals surface area contributed by atoms with E-state index in [0.29, 0.717) is 32.8 Å². The lowest BCUT2D eigenvalue weighted by molar-refractivity contribution is -0.145. The van der Waals surface area contributed by atoms with E-state index in [1.165, 1.54) is 0 Å². The zero-order chi connectivity index (χ0) is 15.2. The molecule has 2 rings (SSSR count). The van der Waals surface area contributed by atoms with E-state index in [0.717, 1.165) is 24.6 Å². The molecule has 0 aromatic carbocycles. The van der Waals surface area contributed by atoms with Crippen LogP contribution in [-0.4, -0.2) is 83.1 Å². The van der Waals surface area contributed by atoms with Gasteiger partial charge in [-0.2, -0.15) is 0 Å². The van der Waals surface area contributed by atoms with Crippen molar-refractivity contribution < 1.29 is 24.2 Å². The van der Waals surface area contributed by atoms with Crippen LogP contribution >= 0.6 is 11.8 Å². The second-order valence-corrected chi connectivity index (χ2v) is 6.08. The van der Waals surface area contributed by atoms with Gasteiger partial charge in [0.2, 0.25) is 5.91 Å². The molecule has 2 aliphatic heterocycles. The number of ether oxygens (including phenoxy) is 1. The number of carbonyl (C=O) groups excluding carboxylic acids is 2. The van der Waals surface area contributed by atoms with Crippen LogP contribution in [0.15, 0.2) is 0 Å². The van der Waals surface area contributed by atoms with Gasteiger partial charge < -0.3 is 19.6 Å². The van der Waals surface area contributed by atoms with E-state index in [-0.39, 0.29) is 29.4 Å². The monoisotopic (exact) mass is 316 g/mol. The van der Waals surface area contributed by atoms with Crippen molar-refractivity contribution in [3.8, 4) is 0 Å². The second-order valence-electron chi connectivity index (χ2n) is 5.09. The highest BCUT2D eigenvalue weighted by Gasteiger charge is 2.31. The first-order valence-corrected chi connectivity index (χ1v) is 8.21. The molecule has 2 aliphatic rings. The molecule has 21 heavy (non-hydrogen) atoms. The molecule has 0 spiro atoms. The largest absolute Gasteiger partial charge is 0.481 e. The summed E-state index contributed by atoms with van der Waals surface area (Å²) in [7, 11) is 0. The molecule has 0 saturated carbocycles. The Morgan fingerprint density at radius 1 is 1.10 bits per heavy atom. The summed E-state index contributed by atoms with van der Waals surface area (Å²) in [6.07, 6.45) is 1.40. The van der Waals surface area contributed by atoms with Crippen molar-refractivity contribution in [2.75, 3.05) is 44.3 Å². The first-order valence-electron chi connectivity index (χ1n) is 7.05. The summed E-state index contributed by atoms with van der Waals surface area (Å²) >= 11 is 1.10. The Kier molecular flexibility index (Phi) is 5.86. The highest BCUT2D eigenvalue weighted by Crippen LogP contribution is 2.16. The lowest BCUT2D eigenvalue weighted by Gasteiger charge is -2.35. The maximum atomic E-state index is 12.2. The van der Waals surface area contributed by atoms with Crippen molar-refractivity contribution >= 4 is 29.5 Å². The zero-order valence-corrected chi connectivity index (χ0v) is 12.6. The fourth-order valence-corrected chi connectivity index (χ4v) is 3.10. The number of amides is 2.